The Kier molecular flexibility index (Phi) is 6.99. The third-order valence-electron chi connectivity index (χ3n) is 1.50. The molecule has 1 atom stereocenters. The number of carbonyl (C=O) groups is 2. The van der Waals surface area contributed by atoms with Gasteiger partial charge in [-0.15, -0.1) is 12.4 Å². The summed E-state index contributed by atoms with van der Waals surface area (Å²) in [5, 5.41) is 8.57. The van der Waals surface area contributed by atoms with Crippen LogP contribution in [0.15, 0.2) is 0 Å². The highest BCUT2D eigenvalue weighted by atomic mass is 35.5. The Hall–Kier alpha value is -0.570. The monoisotopic (exact) mass is 194 g/mol. The average molecular weight is 195 g/mol. The first-order chi connectivity index (χ1) is 4.95. The van der Waals surface area contributed by atoms with E-state index in [0.717, 1.165) is 0 Å². The molecule has 0 saturated heterocycles. The molecule has 12 heavy (non-hydrogen) atoms. The minimum Gasteiger partial charge on any atom is -0.481 e. The van der Waals surface area contributed by atoms with Crippen molar-refractivity contribution >= 4 is 24.2 Å². The van der Waals surface area contributed by atoms with Gasteiger partial charge >= 0.3 is 5.97 Å². The molecule has 0 aromatic carbocycles. The van der Waals surface area contributed by atoms with Crippen molar-refractivity contribution in [1.29, 1.82) is 0 Å². The second kappa shape index (κ2) is 6.00. The van der Waals surface area contributed by atoms with Crippen molar-refractivity contribution in [3.8, 4) is 0 Å². The van der Waals surface area contributed by atoms with Crippen LogP contribution >= 0.6 is 12.4 Å². The molecule has 0 aromatic rings. The van der Waals surface area contributed by atoms with Gasteiger partial charge in [-0.2, -0.15) is 0 Å². The van der Waals surface area contributed by atoms with E-state index >= 15 is 0 Å². The van der Waals surface area contributed by atoms with Crippen LogP contribution in [0, 0.1) is 11.8 Å². The first-order valence-corrected chi connectivity index (χ1v) is 3.68. The maximum Gasteiger partial charge on any atom is 0.314 e. The van der Waals surface area contributed by atoms with Crippen molar-refractivity contribution in [2.75, 3.05) is 0 Å². The fraction of sp³-hybridized carbons (Fsp3) is 0.750. The predicted octanol–water partition coefficient (Wildman–Crippen LogP) is 1.74. The van der Waals surface area contributed by atoms with E-state index in [0.29, 0.717) is 6.42 Å². The SMILES string of the molecule is CC(=O)C(CC(C)C)C(=O)O.Cl. The highest BCUT2D eigenvalue weighted by Gasteiger charge is 2.22. The largest absolute Gasteiger partial charge is 0.481 e. The number of ketones is 1. The molecule has 0 amide bonds. The molecule has 3 nitrogen and oxygen atoms in total. The fourth-order valence-corrected chi connectivity index (χ4v) is 0.912. The Bertz CT molecular complexity index is 152. The second-order valence-corrected chi connectivity index (χ2v) is 3.13. The Labute approximate surface area is 78.6 Å². The number of hydrogen-bond acceptors (Lipinski definition) is 2. The topological polar surface area (TPSA) is 54.4 Å². The maximum absolute atomic E-state index is 10.7. The van der Waals surface area contributed by atoms with Crippen molar-refractivity contribution in [3.63, 3.8) is 0 Å². The van der Waals surface area contributed by atoms with E-state index in [-0.39, 0.29) is 24.1 Å². The van der Waals surface area contributed by atoms with Gasteiger partial charge in [-0.1, -0.05) is 13.8 Å². The Morgan fingerprint density at radius 1 is 1.33 bits per heavy atom. The molecule has 1 unspecified atom stereocenters. The van der Waals surface area contributed by atoms with Crippen LogP contribution in [0.4, 0.5) is 0 Å². The fourth-order valence-electron chi connectivity index (χ4n) is 0.912. The van der Waals surface area contributed by atoms with Crippen molar-refractivity contribution < 1.29 is 14.7 Å². The highest BCUT2D eigenvalue weighted by Crippen LogP contribution is 2.12. The Morgan fingerprint density at radius 2 is 1.75 bits per heavy atom. The molecule has 0 aromatic heterocycles. The van der Waals surface area contributed by atoms with Crippen molar-refractivity contribution in [2.24, 2.45) is 11.8 Å². The molecule has 4 heteroatoms. The lowest BCUT2D eigenvalue weighted by molar-refractivity contribution is -0.146. The summed E-state index contributed by atoms with van der Waals surface area (Å²) >= 11 is 0. The normalized spacial score (nSPS) is 12.0. The summed E-state index contributed by atoms with van der Waals surface area (Å²) in [5.74, 6) is -1.83. The van der Waals surface area contributed by atoms with Gasteiger partial charge in [-0.25, -0.2) is 0 Å². The van der Waals surface area contributed by atoms with Gasteiger partial charge < -0.3 is 5.11 Å². The molecular weight excluding hydrogens is 180 g/mol. The Balaban J connectivity index is 0. The molecule has 0 radical (unpaired) electrons. The van der Waals surface area contributed by atoms with Gasteiger partial charge in [0.05, 0.1) is 0 Å². The Morgan fingerprint density at radius 3 is 1.83 bits per heavy atom. The van der Waals surface area contributed by atoms with Crippen molar-refractivity contribution in [2.45, 2.75) is 27.2 Å². The molecule has 0 bridgehead atoms. The van der Waals surface area contributed by atoms with E-state index in [1.165, 1.54) is 6.92 Å². The molecule has 0 heterocycles. The zero-order chi connectivity index (χ0) is 9.02. The lowest BCUT2D eigenvalue weighted by Gasteiger charge is -2.10. The van der Waals surface area contributed by atoms with Gasteiger partial charge in [0.15, 0.2) is 0 Å². The van der Waals surface area contributed by atoms with Gasteiger partial charge in [0.1, 0.15) is 11.7 Å². The zero-order valence-corrected chi connectivity index (χ0v) is 8.35. The van der Waals surface area contributed by atoms with Crippen LogP contribution in [0.1, 0.15) is 27.2 Å². The highest BCUT2D eigenvalue weighted by molar-refractivity contribution is 5.96. The van der Waals surface area contributed by atoms with Gasteiger partial charge in [-0.3, -0.25) is 9.59 Å². The van der Waals surface area contributed by atoms with Gasteiger partial charge in [0, 0.05) is 0 Å². The van der Waals surface area contributed by atoms with E-state index in [9.17, 15) is 9.59 Å². The minimum atomic E-state index is -1.01. The molecule has 0 aliphatic rings. The molecule has 1 N–H and O–H groups in total. The summed E-state index contributed by atoms with van der Waals surface area (Å²) in [6.07, 6.45) is 0.435. The van der Waals surface area contributed by atoms with Crippen LogP contribution in [0.25, 0.3) is 0 Å². The number of rotatable bonds is 4. The second-order valence-electron chi connectivity index (χ2n) is 3.13. The third kappa shape index (κ3) is 5.13. The first-order valence-electron chi connectivity index (χ1n) is 3.68. The molecule has 0 spiro atoms. The molecular formula is C8H15ClO3. The van der Waals surface area contributed by atoms with Crippen LogP contribution in [0.3, 0.4) is 0 Å². The summed E-state index contributed by atoms with van der Waals surface area (Å²) in [4.78, 5) is 21.2. The van der Waals surface area contributed by atoms with Crippen molar-refractivity contribution in [3.05, 3.63) is 0 Å². The van der Waals surface area contributed by atoms with Gasteiger partial charge in [0.2, 0.25) is 0 Å². The minimum absolute atomic E-state index is 0. The van der Waals surface area contributed by atoms with Gasteiger partial charge in [-0.05, 0) is 19.3 Å². The van der Waals surface area contributed by atoms with Crippen molar-refractivity contribution in [1.82, 2.24) is 0 Å². The van der Waals surface area contributed by atoms with Crippen LogP contribution in [-0.4, -0.2) is 16.9 Å². The summed E-state index contributed by atoms with van der Waals surface area (Å²) in [5.41, 5.74) is 0. The molecule has 0 rings (SSSR count). The number of carboxylic acid groups (broad SMARTS) is 1. The zero-order valence-electron chi connectivity index (χ0n) is 7.53. The predicted molar refractivity (Wildman–Crippen MR) is 48.5 cm³/mol. The molecule has 0 saturated carbocycles. The molecule has 72 valence electrons. The smallest absolute Gasteiger partial charge is 0.314 e. The molecule has 0 aliphatic carbocycles. The van der Waals surface area contributed by atoms with E-state index in [2.05, 4.69) is 0 Å². The average Bonchev–Trinajstić information content (AvgIpc) is 1.81. The summed E-state index contributed by atoms with van der Waals surface area (Å²) in [7, 11) is 0. The number of Topliss-reactive ketones (excluding diaryl/α,β-unsaturated/α-hetero) is 1. The number of carboxylic acids is 1. The van der Waals surface area contributed by atoms with E-state index in [1.807, 2.05) is 13.8 Å². The van der Waals surface area contributed by atoms with E-state index < -0.39 is 11.9 Å². The van der Waals surface area contributed by atoms with Crippen LogP contribution < -0.4 is 0 Å². The van der Waals surface area contributed by atoms with Crippen LogP contribution in [0.5, 0.6) is 0 Å². The molecule has 0 aliphatic heterocycles. The van der Waals surface area contributed by atoms with E-state index in [4.69, 9.17) is 5.11 Å². The van der Waals surface area contributed by atoms with Crippen LogP contribution in [-0.2, 0) is 9.59 Å². The summed E-state index contributed by atoms with van der Waals surface area (Å²) < 4.78 is 0. The maximum atomic E-state index is 10.7. The molecule has 0 fully saturated rings. The lowest BCUT2D eigenvalue weighted by atomic mass is 9.94. The van der Waals surface area contributed by atoms with E-state index in [1.54, 1.807) is 0 Å². The number of aliphatic carboxylic acids is 1. The number of carbonyl (C=O) groups excluding carboxylic acids is 1. The summed E-state index contributed by atoms with van der Waals surface area (Å²) in [6, 6.07) is 0. The number of hydrogen-bond donors (Lipinski definition) is 1. The number of halogens is 1. The van der Waals surface area contributed by atoms with Gasteiger partial charge in [0.25, 0.3) is 0 Å². The quantitative estimate of drug-likeness (QED) is 0.694. The first kappa shape index (κ1) is 14.0. The summed E-state index contributed by atoms with van der Waals surface area (Å²) in [6.45, 7) is 5.12. The van der Waals surface area contributed by atoms with Crippen LogP contribution in [0.2, 0.25) is 0 Å². The third-order valence-corrected chi connectivity index (χ3v) is 1.50. The lowest BCUT2D eigenvalue weighted by Crippen LogP contribution is -2.22. The standard InChI is InChI=1S/C8H14O3.ClH/c1-5(2)4-7(6(3)9)8(10)11;/h5,7H,4H2,1-3H3,(H,10,11);1H.